The largest absolute Gasteiger partial charge is 0.494 e. The molecular weight excluding hydrogens is 817 g/mol. The fourth-order valence-corrected chi connectivity index (χ4v) is 13.1. The number of ether oxygens (including phenoxy) is 4. The normalized spacial score (nSPS) is 26.1. The van der Waals surface area contributed by atoms with E-state index in [0.29, 0.717) is 36.4 Å². The van der Waals surface area contributed by atoms with E-state index in [0.717, 1.165) is 103 Å². The van der Waals surface area contributed by atoms with E-state index in [-0.39, 0.29) is 17.5 Å². The first-order chi connectivity index (χ1) is 32.0. The van der Waals surface area contributed by atoms with Crippen LogP contribution in [0.1, 0.15) is 187 Å². The third kappa shape index (κ3) is 12.7. The molecule has 0 saturated heterocycles. The van der Waals surface area contributed by atoms with Crippen molar-refractivity contribution >= 4 is 11.9 Å². The van der Waals surface area contributed by atoms with Crippen LogP contribution in [0.15, 0.2) is 84.4 Å². The number of carbonyl (C=O) groups is 2. The Balaban J connectivity index is 0.766. The first kappa shape index (κ1) is 49.8. The van der Waals surface area contributed by atoms with Crippen LogP contribution < -0.4 is 14.2 Å². The maximum Gasteiger partial charge on any atom is 0.343 e. The van der Waals surface area contributed by atoms with E-state index in [1.165, 1.54) is 83.5 Å². The predicted octanol–water partition coefficient (Wildman–Crippen LogP) is 16.2. The molecule has 0 aromatic heterocycles. The van der Waals surface area contributed by atoms with E-state index in [1.54, 1.807) is 17.7 Å². The molecule has 6 heteroatoms. The molecule has 0 N–H and O–H groups in total. The zero-order valence-electron chi connectivity index (χ0n) is 41.8. The summed E-state index contributed by atoms with van der Waals surface area (Å²) in [6.45, 7) is 16.1. The number of esters is 2. The van der Waals surface area contributed by atoms with Crippen molar-refractivity contribution in [1.82, 2.24) is 0 Å². The molecule has 0 radical (unpaired) electrons. The fraction of sp³-hybridized carbons (Fsp3) is 0.633. The summed E-state index contributed by atoms with van der Waals surface area (Å²) >= 11 is 0. The van der Waals surface area contributed by atoms with Crippen molar-refractivity contribution in [2.75, 3.05) is 13.2 Å². The number of allylic oxidation sites excluding steroid dienone is 1. The van der Waals surface area contributed by atoms with Gasteiger partial charge in [0.05, 0.1) is 18.8 Å². The molecule has 0 amide bonds. The van der Waals surface area contributed by atoms with Gasteiger partial charge in [0.2, 0.25) is 0 Å². The molecule has 0 heterocycles. The van der Waals surface area contributed by atoms with Gasteiger partial charge in [-0.3, -0.25) is 4.79 Å². The summed E-state index contributed by atoms with van der Waals surface area (Å²) in [4.78, 5) is 25.8. The fourth-order valence-electron chi connectivity index (χ4n) is 13.1. The van der Waals surface area contributed by atoms with Gasteiger partial charge in [-0.25, -0.2) is 4.79 Å². The van der Waals surface area contributed by atoms with Gasteiger partial charge < -0.3 is 18.9 Å². The third-order valence-corrected chi connectivity index (χ3v) is 17.0. The lowest BCUT2D eigenvalue weighted by Crippen LogP contribution is -2.51. The predicted molar refractivity (Wildman–Crippen MR) is 269 cm³/mol. The maximum atomic E-state index is 13.0. The number of fused-ring (bicyclic) bond motifs is 5. The Labute approximate surface area is 399 Å². The molecule has 4 aliphatic carbocycles. The van der Waals surface area contributed by atoms with Gasteiger partial charge in [0, 0.05) is 12.8 Å². The highest BCUT2D eigenvalue weighted by atomic mass is 16.5. The van der Waals surface area contributed by atoms with Crippen molar-refractivity contribution in [3.05, 3.63) is 90.0 Å². The molecule has 4 aliphatic rings. The van der Waals surface area contributed by atoms with Gasteiger partial charge in [-0.05, 0) is 177 Å². The van der Waals surface area contributed by atoms with Gasteiger partial charge in [-0.2, -0.15) is 0 Å². The van der Waals surface area contributed by atoms with Gasteiger partial charge in [0.1, 0.15) is 23.4 Å². The average molecular weight is 901 g/mol. The van der Waals surface area contributed by atoms with E-state index in [9.17, 15) is 9.59 Å². The molecule has 3 saturated carbocycles. The zero-order valence-corrected chi connectivity index (χ0v) is 41.8. The number of rotatable bonds is 24. The maximum absolute atomic E-state index is 13.0. The minimum Gasteiger partial charge on any atom is -0.494 e. The first-order valence-corrected chi connectivity index (χ1v) is 26.6. The topological polar surface area (TPSA) is 71.1 Å². The molecule has 7 rings (SSSR count). The SMILES string of the molecule is CCCCCCCCOc1ccc(C(=O)Oc2ccc(-c3ccc(OCCCCCC(=O)O[C@H]4CC[C@@]5(C)C(=CC[C@H]6[C@@H]7CC[C@H]([C@H](C)CCCC(C)C)[C@@]7(C)CC[C@@H]65)C4)cc3)cc2)cc1. The van der Waals surface area contributed by atoms with Crippen LogP contribution in [0.3, 0.4) is 0 Å². The summed E-state index contributed by atoms with van der Waals surface area (Å²) in [7, 11) is 0. The van der Waals surface area contributed by atoms with Crippen molar-refractivity contribution in [1.29, 1.82) is 0 Å². The Kier molecular flexibility index (Phi) is 18.0. The highest BCUT2D eigenvalue weighted by molar-refractivity contribution is 5.91. The Morgan fingerprint density at radius 3 is 1.94 bits per heavy atom. The highest BCUT2D eigenvalue weighted by Gasteiger charge is 2.59. The number of unbranched alkanes of at least 4 members (excludes halogenated alkanes) is 7. The summed E-state index contributed by atoms with van der Waals surface area (Å²) in [6, 6.07) is 22.8. The van der Waals surface area contributed by atoms with Crippen molar-refractivity contribution in [2.24, 2.45) is 46.3 Å². The van der Waals surface area contributed by atoms with Crippen LogP contribution >= 0.6 is 0 Å². The van der Waals surface area contributed by atoms with E-state index in [1.807, 2.05) is 60.7 Å². The van der Waals surface area contributed by atoms with Crippen molar-refractivity contribution < 1.29 is 28.5 Å². The van der Waals surface area contributed by atoms with Crippen molar-refractivity contribution in [3.8, 4) is 28.4 Å². The van der Waals surface area contributed by atoms with Crippen LogP contribution in [0.2, 0.25) is 0 Å². The monoisotopic (exact) mass is 901 g/mol. The lowest BCUT2D eigenvalue weighted by molar-refractivity contribution is -0.151. The van der Waals surface area contributed by atoms with Gasteiger partial charge in [-0.15, -0.1) is 0 Å². The molecular formula is C60H84O6. The summed E-state index contributed by atoms with van der Waals surface area (Å²) in [5.41, 5.74) is 4.95. The van der Waals surface area contributed by atoms with Crippen LogP contribution in [0.5, 0.6) is 17.2 Å². The average Bonchev–Trinajstić information content (AvgIpc) is 3.68. The van der Waals surface area contributed by atoms with Gasteiger partial charge >= 0.3 is 11.9 Å². The standard InChI is InChI=1S/C60H84O6/c1-7-8-9-10-11-14-40-63-50-29-24-47(25-30-50)58(62)66-51-31-22-46(23-32-51)45-20-27-49(28-21-45)64-41-15-12-13-19-57(61)65-52-36-38-59(5)48(42-52)26-33-53-55-35-34-54(44(4)18-16-17-43(2)3)60(55,6)39-37-56(53)59/h20-32,43-44,52-56H,7-19,33-42H2,1-6H3/t44-,52+,53+,54-,55+,56+,59+,60-/m1/s1. The van der Waals surface area contributed by atoms with Gasteiger partial charge in [0.25, 0.3) is 0 Å². The Bertz CT molecular complexity index is 2000. The second-order valence-electron chi connectivity index (χ2n) is 21.9. The van der Waals surface area contributed by atoms with E-state index < -0.39 is 5.97 Å². The molecule has 0 unspecified atom stereocenters. The quantitative estimate of drug-likeness (QED) is 0.0386. The summed E-state index contributed by atoms with van der Waals surface area (Å²) in [5, 5.41) is 0. The minimum atomic E-state index is -0.394. The molecule has 0 spiro atoms. The summed E-state index contributed by atoms with van der Waals surface area (Å²) in [5.74, 6) is 6.70. The molecule has 360 valence electrons. The van der Waals surface area contributed by atoms with E-state index in [2.05, 4.69) is 47.6 Å². The Morgan fingerprint density at radius 2 is 1.27 bits per heavy atom. The summed E-state index contributed by atoms with van der Waals surface area (Å²) < 4.78 is 23.7. The zero-order chi connectivity index (χ0) is 46.5. The van der Waals surface area contributed by atoms with Gasteiger partial charge in [-0.1, -0.05) is 129 Å². The summed E-state index contributed by atoms with van der Waals surface area (Å²) in [6.07, 6.45) is 27.2. The lowest BCUT2D eigenvalue weighted by atomic mass is 9.47. The molecule has 8 atom stereocenters. The second kappa shape index (κ2) is 23.8. The molecule has 3 aromatic rings. The van der Waals surface area contributed by atoms with Crippen LogP contribution in [-0.4, -0.2) is 31.3 Å². The third-order valence-electron chi connectivity index (χ3n) is 17.0. The van der Waals surface area contributed by atoms with Crippen LogP contribution in [0, 0.1) is 46.3 Å². The van der Waals surface area contributed by atoms with Gasteiger partial charge in [0.15, 0.2) is 0 Å². The van der Waals surface area contributed by atoms with Crippen molar-refractivity contribution in [3.63, 3.8) is 0 Å². The first-order valence-electron chi connectivity index (χ1n) is 26.6. The van der Waals surface area contributed by atoms with Crippen LogP contribution in [0.25, 0.3) is 11.1 Å². The van der Waals surface area contributed by atoms with Crippen molar-refractivity contribution in [2.45, 2.75) is 182 Å². The highest BCUT2D eigenvalue weighted by Crippen LogP contribution is 2.67. The molecule has 3 aromatic carbocycles. The molecule has 3 fully saturated rings. The number of hydrogen-bond acceptors (Lipinski definition) is 6. The Morgan fingerprint density at radius 1 is 0.652 bits per heavy atom. The smallest absolute Gasteiger partial charge is 0.343 e. The van der Waals surface area contributed by atoms with E-state index in [4.69, 9.17) is 18.9 Å². The second-order valence-corrected chi connectivity index (χ2v) is 21.9. The minimum absolute atomic E-state index is 0.0282. The molecule has 66 heavy (non-hydrogen) atoms. The van der Waals surface area contributed by atoms with Crippen LogP contribution in [0.4, 0.5) is 0 Å². The van der Waals surface area contributed by atoms with Crippen LogP contribution in [-0.2, 0) is 9.53 Å². The molecule has 0 bridgehead atoms. The number of carbonyl (C=O) groups excluding carboxylic acids is 2. The number of hydrogen-bond donors (Lipinski definition) is 0. The van der Waals surface area contributed by atoms with E-state index >= 15 is 0 Å². The Hall–Kier alpha value is -4.06. The molecule has 6 nitrogen and oxygen atoms in total. The lowest BCUT2D eigenvalue weighted by Gasteiger charge is -2.58. The molecule has 0 aliphatic heterocycles. The number of benzene rings is 3.